The average molecular weight is 249 g/mol. The predicted octanol–water partition coefficient (Wildman–Crippen LogP) is 0.558. The third-order valence-electron chi connectivity index (χ3n) is 1.90. The normalized spacial score (nSPS) is 11.6. The van der Waals surface area contributed by atoms with Crippen LogP contribution in [0.3, 0.4) is 0 Å². The second-order valence-electron chi connectivity index (χ2n) is 2.98. The molecule has 0 heterocycles. The Morgan fingerprint density at radius 2 is 1.81 bits per heavy atom. The molecule has 6 nitrogen and oxygen atoms in total. The first-order valence-corrected chi connectivity index (χ1v) is 5.23. The number of hydrogen-bond donors (Lipinski definition) is 2. The Balaban J connectivity index is 4.44. The van der Waals surface area contributed by atoms with E-state index >= 15 is 0 Å². The third kappa shape index (κ3) is 4.92. The minimum atomic E-state index is -1.44. The van der Waals surface area contributed by atoms with E-state index in [-0.39, 0.29) is 5.17 Å². The number of rotatable bonds is 6. The number of ether oxygens (including phenoxy) is 1. The van der Waals surface area contributed by atoms with Crippen LogP contribution >= 0.6 is 12.2 Å². The molecule has 0 fully saturated rings. The smallest absolute Gasteiger partial charge is 0.345 e. The van der Waals surface area contributed by atoms with Gasteiger partial charge in [-0.1, -0.05) is 0 Å². The standard InChI is InChI=1S/C9H15NO5S/c1-3-10(4-2)9(16)15-6(8(13)14)5-7(11)12/h6H,3-5H2,1-2H3,(H,11,12)(H,13,14)/t6-/m1/s1. The zero-order valence-electron chi connectivity index (χ0n) is 9.17. The molecule has 0 unspecified atom stereocenters. The van der Waals surface area contributed by atoms with Crippen LogP contribution in [0.1, 0.15) is 20.3 Å². The van der Waals surface area contributed by atoms with Gasteiger partial charge in [0, 0.05) is 13.1 Å². The number of nitrogens with zero attached hydrogens (tertiary/aromatic N) is 1. The van der Waals surface area contributed by atoms with Gasteiger partial charge in [0.05, 0.1) is 6.42 Å². The molecular weight excluding hydrogens is 234 g/mol. The first-order valence-electron chi connectivity index (χ1n) is 4.82. The lowest BCUT2D eigenvalue weighted by molar-refractivity contribution is -0.152. The number of thiocarbonyl (C=S) groups is 1. The number of aliphatic carboxylic acids is 2. The van der Waals surface area contributed by atoms with Crippen molar-refractivity contribution in [2.75, 3.05) is 13.1 Å². The second-order valence-corrected chi connectivity index (χ2v) is 3.33. The Bertz CT molecular complexity index is 277. The van der Waals surface area contributed by atoms with Crippen LogP contribution in [0.5, 0.6) is 0 Å². The lowest BCUT2D eigenvalue weighted by Crippen LogP contribution is -2.37. The SMILES string of the molecule is CCN(CC)C(=S)O[C@H](CC(=O)O)C(=O)O. The summed E-state index contributed by atoms with van der Waals surface area (Å²) in [4.78, 5) is 22.7. The number of hydrogen-bond acceptors (Lipinski definition) is 4. The van der Waals surface area contributed by atoms with Crippen molar-refractivity contribution in [3.63, 3.8) is 0 Å². The topological polar surface area (TPSA) is 87.1 Å². The molecule has 7 heteroatoms. The summed E-state index contributed by atoms with van der Waals surface area (Å²) in [5, 5.41) is 17.2. The van der Waals surface area contributed by atoms with Crippen LogP contribution in [0.15, 0.2) is 0 Å². The Labute approximate surface area is 98.8 Å². The minimum absolute atomic E-state index is 0.0126. The quantitative estimate of drug-likeness (QED) is 0.665. The molecule has 0 aromatic rings. The highest BCUT2D eigenvalue weighted by molar-refractivity contribution is 7.80. The largest absolute Gasteiger partial charge is 0.481 e. The Morgan fingerprint density at radius 1 is 1.31 bits per heavy atom. The van der Waals surface area contributed by atoms with Crippen molar-refractivity contribution in [1.29, 1.82) is 0 Å². The van der Waals surface area contributed by atoms with Crippen molar-refractivity contribution in [3.05, 3.63) is 0 Å². The van der Waals surface area contributed by atoms with Crippen molar-refractivity contribution in [3.8, 4) is 0 Å². The highest BCUT2D eigenvalue weighted by Gasteiger charge is 2.25. The second kappa shape index (κ2) is 7.00. The van der Waals surface area contributed by atoms with Gasteiger partial charge in [-0.05, 0) is 26.1 Å². The highest BCUT2D eigenvalue weighted by Crippen LogP contribution is 2.04. The van der Waals surface area contributed by atoms with E-state index in [0.717, 1.165) is 0 Å². The van der Waals surface area contributed by atoms with Crippen LogP contribution in [0.25, 0.3) is 0 Å². The van der Waals surface area contributed by atoms with Gasteiger partial charge in [0.1, 0.15) is 0 Å². The molecule has 16 heavy (non-hydrogen) atoms. The molecule has 0 saturated heterocycles. The van der Waals surface area contributed by atoms with E-state index in [1.54, 1.807) is 4.90 Å². The van der Waals surface area contributed by atoms with E-state index in [0.29, 0.717) is 13.1 Å². The third-order valence-corrected chi connectivity index (χ3v) is 2.25. The molecule has 1 atom stereocenters. The molecule has 0 spiro atoms. The van der Waals surface area contributed by atoms with Crippen molar-refractivity contribution >= 4 is 29.3 Å². The first kappa shape index (κ1) is 14.6. The highest BCUT2D eigenvalue weighted by atomic mass is 32.1. The lowest BCUT2D eigenvalue weighted by atomic mass is 10.2. The van der Waals surface area contributed by atoms with E-state index in [2.05, 4.69) is 0 Å². The fourth-order valence-corrected chi connectivity index (χ4v) is 1.39. The van der Waals surface area contributed by atoms with Gasteiger partial charge < -0.3 is 19.8 Å². The molecule has 0 aliphatic carbocycles. The molecule has 0 bridgehead atoms. The molecule has 2 N–H and O–H groups in total. The van der Waals surface area contributed by atoms with E-state index in [4.69, 9.17) is 27.2 Å². The molecule has 92 valence electrons. The molecule has 0 aliphatic heterocycles. The monoisotopic (exact) mass is 249 g/mol. The fourth-order valence-electron chi connectivity index (χ4n) is 1.02. The van der Waals surface area contributed by atoms with Crippen LogP contribution < -0.4 is 0 Å². The number of carboxylic acids is 2. The maximum Gasteiger partial charge on any atom is 0.345 e. The van der Waals surface area contributed by atoms with Crippen molar-refractivity contribution in [2.45, 2.75) is 26.4 Å². The Hall–Kier alpha value is -1.37. The summed E-state index contributed by atoms with van der Waals surface area (Å²) in [6.07, 6.45) is -2.05. The summed E-state index contributed by atoms with van der Waals surface area (Å²) in [7, 11) is 0. The van der Waals surface area contributed by atoms with Gasteiger partial charge in [-0.15, -0.1) is 0 Å². The summed E-state index contributed by atoms with van der Waals surface area (Å²) in [6.45, 7) is 4.84. The van der Waals surface area contributed by atoms with Gasteiger partial charge in [0.2, 0.25) is 6.10 Å². The van der Waals surface area contributed by atoms with Crippen LogP contribution in [-0.2, 0) is 14.3 Å². The molecule has 0 aliphatic rings. The van der Waals surface area contributed by atoms with Crippen LogP contribution in [0, 0.1) is 0 Å². The predicted molar refractivity (Wildman–Crippen MR) is 60.3 cm³/mol. The van der Waals surface area contributed by atoms with E-state index in [1.165, 1.54) is 0 Å². The Kier molecular flexibility index (Phi) is 6.40. The zero-order chi connectivity index (χ0) is 12.7. The molecule has 0 radical (unpaired) electrons. The molecule has 0 aromatic carbocycles. The van der Waals surface area contributed by atoms with Gasteiger partial charge in [-0.25, -0.2) is 4.79 Å². The lowest BCUT2D eigenvalue weighted by Gasteiger charge is -2.23. The van der Waals surface area contributed by atoms with E-state index < -0.39 is 24.5 Å². The van der Waals surface area contributed by atoms with Crippen molar-refractivity contribution in [1.82, 2.24) is 4.90 Å². The molecular formula is C9H15NO5S. The van der Waals surface area contributed by atoms with Gasteiger partial charge in [0.25, 0.3) is 5.17 Å². The summed E-state index contributed by atoms with van der Waals surface area (Å²) >= 11 is 4.87. The maximum atomic E-state index is 10.7. The Morgan fingerprint density at radius 3 is 2.12 bits per heavy atom. The summed E-state index contributed by atoms with van der Waals surface area (Å²) in [5.41, 5.74) is 0. The van der Waals surface area contributed by atoms with Crippen LogP contribution in [0.4, 0.5) is 0 Å². The first-order chi connectivity index (χ1) is 7.42. The van der Waals surface area contributed by atoms with Gasteiger partial charge in [0.15, 0.2) is 0 Å². The van der Waals surface area contributed by atoms with Gasteiger partial charge in [-0.3, -0.25) is 4.79 Å². The molecule has 0 rings (SSSR count). The zero-order valence-corrected chi connectivity index (χ0v) is 9.99. The van der Waals surface area contributed by atoms with E-state index in [9.17, 15) is 9.59 Å². The van der Waals surface area contributed by atoms with Crippen molar-refractivity contribution in [2.24, 2.45) is 0 Å². The number of carbonyl (C=O) groups is 2. The van der Waals surface area contributed by atoms with Gasteiger partial charge in [-0.2, -0.15) is 0 Å². The number of carboxylic acid groups (broad SMARTS) is 2. The fraction of sp³-hybridized carbons (Fsp3) is 0.667. The van der Waals surface area contributed by atoms with Crippen LogP contribution in [-0.4, -0.2) is 51.4 Å². The minimum Gasteiger partial charge on any atom is -0.481 e. The van der Waals surface area contributed by atoms with Gasteiger partial charge >= 0.3 is 11.9 Å². The van der Waals surface area contributed by atoms with Crippen LogP contribution in [0.2, 0.25) is 0 Å². The summed E-state index contributed by atoms with van der Waals surface area (Å²) < 4.78 is 4.94. The molecule has 0 amide bonds. The van der Waals surface area contributed by atoms with Crippen molar-refractivity contribution < 1.29 is 24.5 Å². The molecule has 0 saturated carbocycles. The van der Waals surface area contributed by atoms with E-state index in [1.807, 2.05) is 13.8 Å². The maximum absolute atomic E-state index is 10.7. The molecule has 0 aromatic heterocycles. The summed E-state index contributed by atoms with van der Waals surface area (Å²) in [5.74, 6) is -2.58. The summed E-state index contributed by atoms with van der Waals surface area (Å²) in [6, 6.07) is 0. The average Bonchev–Trinajstić information content (AvgIpc) is 2.17.